The van der Waals surface area contributed by atoms with E-state index in [-0.39, 0.29) is 24.6 Å². The number of ether oxygens (including phenoxy) is 1. The molecule has 1 aromatic rings. The lowest BCUT2D eigenvalue weighted by atomic mass is 10.2. The van der Waals surface area contributed by atoms with Crippen molar-refractivity contribution in [3.05, 3.63) is 12.0 Å². The van der Waals surface area contributed by atoms with E-state index in [0.29, 0.717) is 12.2 Å². The summed E-state index contributed by atoms with van der Waals surface area (Å²) in [5, 5.41) is 2.65. The van der Waals surface area contributed by atoms with Crippen LogP contribution in [0.5, 0.6) is 0 Å². The molecule has 70 valence electrons. The maximum atomic E-state index is 10.7. The van der Waals surface area contributed by atoms with E-state index in [1.165, 1.54) is 6.26 Å². The number of hydrogen-bond donors (Lipinski definition) is 2. The second kappa shape index (κ2) is 3.06. The molecule has 1 fully saturated rings. The van der Waals surface area contributed by atoms with Gasteiger partial charge in [0.2, 0.25) is 5.91 Å². The third-order valence-electron chi connectivity index (χ3n) is 1.77. The highest BCUT2D eigenvalue weighted by Crippen LogP contribution is 2.18. The molecule has 0 aliphatic carbocycles. The fourth-order valence-corrected chi connectivity index (χ4v) is 1.13. The summed E-state index contributed by atoms with van der Waals surface area (Å²) in [5.41, 5.74) is 5.90. The van der Waals surface area contributed by atoms with Crippen molar-refractivity contribution in [2.24, 2.45) is 0 Å². The van der Waals surface area contributed by atoms with Gasteiger partial charge in [0.15, 0.2) is 0 Å². The molecule has 0 bridgehead atoms. The normalized spacial score (nSPS) is 22.8. The van der Waals surface area contributed by atoms with Gasteiger partial charge in [-0.1, -0.05) is 0 Å². The van der Waals surface area contributed by atoms with E-state index < -0.39 is 0 Å². The van der Waals surface area contributed by atoms with Crippen LogP contribution in [0.25, 0.3) is 0 Å². The Hall–Kier alpha value is -1.56. The highest BCUT2D eigenvalue weighted by atomic mass is 16.5. The van der Waals surface area contributed by atoms with E-state index in [1.54, 1.807) is 0 Å². The summed E-state index contributed by atoms with van der Waals surface area (Å²) >= 11 is 0. The SMILES string of the molecule is Nc1nc(C2CNC(=O)CO2)co1. The Labute approximate surface area is 74.1 Å². The molecule has 0 aromatic carbocycles. The van der Waals surface area contributed by atoms with Crippen molar-refractivity contribution in [2.45, 2.75) is 6.10 Å². The average molecular weight is 183 g/mol. The highest BCUT2D eigenvalue weighted by molar-refractivity contribution is 5.77. The zero-order valence-corrected chi connectivity index (χ0v) is 6.82. The molecular formula is C7H9N3O3. The third kappa shape index (κ3) is 1.62. The van der Waals surface area contributed by atoms with E-state index >= 15 is 0 Å². The number of carbonyl (C=O) groups excluding carboxylic acids is 1. The number of hydrogen-bond acceptors (Lipinski definition) is 5. The molecule has 1 unspecified atom stereocenters. The monoisotopic (exact) mass is 183 g/mol. The Morgan fingerprint density at radius 1 is 1.69 bits per heavy atom. The van der Waals surface area contributed by atoms with E-state index in [4.69, 9.17) is 14.9 Å². The number of amides is 1. The second-order valence-corrected chi connectivity index (χ2v) is 2.71. The predicted octanol–water partition coefficient (Wildman–Crippen LogP) is -0.556. The number of aromatic nitrogens is 1. The maximum absolute atomic E-state index is 10.7. The summed E-state index contributed by atoms with van der Waals surface area (Å²) in [6.07, 6.45) is 1.18. The third-order valence-corrected chi connectivity index (χ3v) is 1.77. The quantitative estimate of drug-likeness (QED) is 0.609. The smallest absolute Gasteiger partial charge is 0.292 e. The molecule has 1 amide bonds. The molecule has 6 nitrogen and oxygen atoms in total. The number of morpholine rings is 1. The zero-order valence-electron chi connectivity index (χ0n) is 6.82. The largest absolute Gasteiger partial charge is 0.432 e. The average Bonchev–Trinajstić information content (AvgIpc) is 2.53. The van der Waals surface area contributed by atoms with Crippen molar-refractivity contribution >= 4 is 11.9 Å². The molecular weight excluding hydrogens is 174 g/mol. The van der Waals surface area contributed by atoms with Gasteiger partial charge in [-0.25, -0.2) is 0 Å². The van der Waals surface area contributed by atoms with Gasteiger partial charge in [0.25, 0.3) is 6.01 Å². The molecule has 1 atom stereocenters. The number of carbonyl (C=O) groups is 1. The van der Waals surface area contributed by atoms with Gasteiger partial charge in [-0.05, 0) is 0 Å². The van der Waals surface area contributed by atoms with Gasteiger partial charge in [0, 0.05) is 6.54 Å². The van der Waals surface area contributed by atoms with Crippen LogP contribution in [-0.4, -0.2) is 24.0 Å². The summed E-state index contributed by atoms with van der Waals surface area (Å²) in [4.78, 5) is 14.6. The van der Waals surface area contributed by atoms with Gasteiger partial charge >= 0.3 is 0 Å². The maximum Gasteiger partial charge on any atom is 0.292 e. The molecule has 3 N–H and O–H groups in total. The first-order valence-corrected chi connectivity index (χ1v) is 3.85. The first-order chi connectivity index (χ1) is 6.25. The summed E-state index contributed by atoms with van der Waals surface area (Å²) in [5.74, 6) is -0.118. The molecule has 1 aliphatic rings. The fourth-order valence-electron chi connectivity index (χ4n) is 1.13. The number of rotatable bonds is 1. The van der Waals surface area contributed by atoms with E-state index in [2.05, 4.69) is 10.3 Å². The van der Waals surface area contributed by atoms with Crippen LogP contribution in [0.2, 0.25) is 0 Å². The van der Waals surface area contributed by atoms with E-state index in [1.807, 2.05) is 0 Å². The van der Waals surface area contributed by atoms with Gasteiger partial charge < -0.3 is 20.2 Å². The standard InChI is InChI=1S/C7H9N3O3/c8-7-10-4(2-13-7)5-1-9-6(11)3-12-5/h2,5H,1,3H2,(H2,8,10)(H,9,11). The minimum Gasteiger partial charge on any atom is -0.432 e. The molecule has 0 saturated carbocycles. The fraction of sp³-hybridized carbons (Fsp3) is 0.429. The van der Waals surface area contributed by atoms with Crippen molar-refractivity contribution in [2.75, 3.05) is 18.9 Å². The Morgan fingerprint density at radius 2 is 2.54 bits per heavy atom. The highest BCUT2D eigenvalue weighted by Gasteiger charge is 2.22. The number of nitrogens with zero attached hydrogens (tertiary/aromatic N) is 1. The Morgan fingerprint density at radius 3 is 3.08 bits per heavy atom. The molecule has 0 radical (unpaired) electrons. The summed E-state index contributed by atoms with van der Waals surface area (Å²) in [6.45, 7) is 0.461. The van der Waals surface area contributed by atoms with Crippen molar-refractivity contribution in [1.82, 2.24) is 10.3 Å². The number of nitrogen functional groups attached to an aromatic ring is 1. The molecule has 6 heteroatoms. The second-order valence-electron chi connectivity index (χ2n) is 2.71. The van der Waals surface area contributed by atoms with Crippen molar-refractivity contribution < 1.29 is 13.9 Å². The van der Waals surface area contributed by atoms with Gasteiger partial charge in [-0.15, -0.1) is 0 Å². The summed E-state index contributed by atoms with van der Waals surface area (Å²) < 4.78 is 10.0. The molecule has 0 spiro atoms. The molecule has 1 aromatic heterocycles. The van der Waals surface area contributed by atoms with Crippen LogP contribution in [0.3, 0.4) is 0 Å². The number of nitrogens with two attached hydrogens (primary N) is 1. The first-order valence-electron chi connectivity index (χ1n) is 3.85. The lowest BCUT2D eigenvalue weighted by molar-refractivity contribution is -0.133. The minimum atomic E-state index is -0.251. The van der Waals surface area contributed by atoms with Crippen LogP contribution in [0.15, 0.2) is 10.7 Å². The number of nitrogens with one attached hydrogen (secondary N) is 1. The van der Waals surface area contributed by atoms with Crippen LogP contribution in [-0.2, 0) is 9.53 Å². The lowest BCUT2D eigenvalue weighted by Crippen LogP contribution is -2.38. The van der Waals surface area contributed by atoms with E-state index in [0.717, 1.165) is 0 Å². The predicted molar refractivity (Wildman–Crippen MR) is 42.6 cm³/mol. The van der Waals surface area contributed by atoms with Crippen molar-refractivity contribution in [3.63, 3.8) is 0 Å². The number of anilines is 1. The molecule has 2 rings (SSSR count). The van der Waals surface area contributed by atoms with Crippen molar-refractivity contribution in [1.29, 1.82) is 0 Å². The van der Waals surface area contributed by atoms with Gasteiger partial charge in [-0.3, -0.25) is 4.79 Å². The van der Waals surface area contributed by atoms with Crippen LogP contribution in [0, 0.1) is 0 Å². The summed E-state index contributed by atoms with van der Waals surface area (Å²) in [7, 11) is 0. The Bertz CT molecular complexity index is 313. The van der Waals surface area contributed by atoms with Gasteiger partial charge in [-0.2, -0.15) is 4.98 Å². The lowest BCUT2D eigenvalue weighted by Gasteiger charge is -2.20. The Balaban J connectivity index is 2.06. The van der Waals surface area contributed by atoms with Gasteiger partial charge in [0.1, 0.15) is 24.7 Å². The van der Waals surface area contributed by atoms with E-state index in [9.17, 15) is 4.79 Å². The topological polar surface area (TPSA) is 90.4 Å². The van der Waals surface area contributed by atoms with Gasteiger partial charge in [0.05, 0.1) is 0 Å². The van der Waals surface area contributed by atoms with Crippen molar-refractivity contribution in [3.8, 4) is 0 Å². The minimum absolute atomic E-state index is 0.0530. The Kier molecular flexibility index (Phi) is 1.90. The zero-order chi connectivity index (χ0) is 9.26. The molecule has 1 aliphatic heterocycles. The molecule has 13 heavy (non-hydrogen) atoms. The summed E-state index contributed by atoms with van der Waals surface area (Å²) in [6, 6.07) is 0.107. The number of oxazole rings is 1. The molecule has 1 saturated heterocycles. The van der Waals surface area contributed by atoms with Crippen LogP contribution in [0.1, 0.15) is 11.8 Å². The van der Waals surface area contributed by atoms with Crippen LogP contribution < -0.4 is 11.1 Å². The first kappa shape index (κ1) is 8.06. The molecule has 2 heterocycles. The van der Waals surface area contributed by atoms with Crippen LogP contribution >= 0.6 is 0 Å². The van der Waals surface area contributed by atoms with Crippen LogP contribution in [0.4, 0.5) is 6.01 Å².